The summed E-state index contributed by atoms with van der Waals surface area (Å²) in [6.07, 6.45) is 2.38. The molecule has 6 nitrogen and oxygen atoms in total. The van der Waals surface area contributed by atoms with Gasteiger partial charge in [-0.05, 0) is 44.7 Å². The Kier molecular flexibility index (Phi) is 5.43. The molecule has 2 aromatic heterocycles. The van der Waals surface area contributed by atoms with Crippen LogP contribution in [0.25, 0.3) is 5.69 Å². The van der Waals surface area contributed by atoms with Gasteiger partial charge in [0.25, 0.3) is 5.91 Å². The van der Waals surface area contributed by atoms with Crippen molar-refractivity contribution in [2.24, 2.45) is 5.73 Å². The number of rotatable bonds is 6. The molecule has 26 heavy (non-hydrogen) atoms. The molecule has 3 N–H and O–H groups in total. The lowest BCUT2D eigenvalue weighted by molar-refractivity contribution is 0.0935. The standard InChI is InChI=1S/C18H20FN5OS/c1-11(22-18(25)16-10-26-17(23-16)7-8-20)15-9-21-24(12(15)2)14-5-3-13(19)4-6-14/h3-6,9-11H,7-8,20H2,1-2H3,(H,22,25). The van der Waals surface area contributed by atoms with Gasteiger partial charge in [0.05, 0.1) is 22.9 Å². The van der Waals surface area contributed by atoms with Gasteiger partial charge >= 0.3 is 0 Å². The van der Waals surface area contributed by atoms with Crippen LogP contribution >= 0.6 is 11.3 Å². The van der Waals surface area contributed by atoms with Gasteiger partial charge in [-0.2, -0.15) is 5.10 Å². The normalized spacial score (nSPS) is 12.2. The van der Waals surface area contributed by atoms with E-state index in [0.717, 1.165) is 22.0 Å². The minimum absolute atomic E-state index is 0.231. The van der Waals surface area contributed by atoms with Crippen LogP contribution in [0.5, 0.6) is 0 Å². The van der Waals surface area contributed by atoms with Crippen molar-refractivity contribution in [2.45, 2.75) is 26.3 Å². The zero-order valence-electron chi connectivity index (χ0n) is 14.6. The van der Waals surface area contributed by atoms with Crippen molar-refractivity contribution in [1.82, 2.24) is 20.1 Å². The number of benzene rings is 1. The molecule has 1 aromatic carbocycles. The second-order valence-electron chi connectivity index (χ2n) is 5.93. The Morgan fingerprint density at radius 2 is 2.12 bits per heavy atom. The molecule has 0 radical (unpaired) electrons. The number of thiazole rings is 1. The van der Waals surface area contributed by atoms with Gasteiger partial charge in [-0.15, -0.1) is 11.3 Å². The van der Waals surface area contributed by atoms with Gasteiger partial charge in [0.2, 0.25) is 0 Å². The first-order chi connectivity index (χ1) is 12.5. The fourth-order valence-corrected chi connectivity index (χ4v) is 3.49. The molecule has 0 saturated carbocycles. The summed E-state index contributed by atoms with van der Waals surface area (Å²) < 4.78 is 14.8. The molecule has 2 heterocycles. The number of carbonyl (C=O) groups is 1. The average Bonchev–Trinajstić information content (AvgIpc) is 3.23. The van der Waals surface area contributed by atoms with Crippen molar-refractivity contribution in [2.75, 3.05) is 6.54 Å². The van der Waals surface area contributed by atoms with Crippen molar-refractivity contribution in [3.8, 4) is 5.69 Å². The summed E-state index contributed by atoms with van der Waals surface area (Å²) in [5, 5.41) is 9.89. The molecule has 0 fully saturated rings. The lowest BCUT2D eigenvalue weighted by atomic mass is 10.1. The van der Waals surface area contributed by atoms with Gasteiger partial charge in [-0.25, -0.2) is 14.1 Å². The number of carbonyl (C=O) groups excluding carboxylic acids is 1. The summed E-state index contributed by atoms with van der Waals surface area (Å²) in [5.74, 6) is -0.525. The molecule has 1 atom stereocenters. The molecular formula is C18H20FN5OS. The number of nitrogens with one attached hydrogen (secondary N) is 1. The van der Waals surface area contributed by atoms with E-state index in [9.17, 15) is 9.18 Å². The third-order valence-electron chi connectivity index (χ3n) is 4.08. The lowest BCUT2D eigenvalue weighted by Gasteiger charge is -2.13. The maximum Gasteiger partial charge on any atom is 0.271 e. The highest BCUT2D eigenvalue weighted by Crippen LogP contribution is 2.21. The largest absolute Gasteiger partial charge is 0.344 e. The minimum Gasteiger partial charge on any atom is -0.344 e. The number of amides is 1. The summed E-state index contributed by atoms with van der Waals surface area (Å²) in [7, 11) is 0. The van der Waals surface area contributed by atoms with Crippen LogP contribution in [0, 0.1) is 12.7 Å². The molecule has 0 aliphatic heterocycles. The minimum atomic E-state index is -0.295. The van der Waals surface area contributed by atoms with Crippen LogP contribution < -0.4 is 11.1 Å². The number of hydrogen-bond acceptors (Lipinski definition) is 5. The van der Waals surface area contributed by atoms with E-state index < -0.39 is 0 Å². The molecule has 0 aliphatic carbocycles. The number of halogens is 1. The molecule has 1 amide bonds. The van der Waals surface area contributed by atoms with Gasteiger partial charge in [0.1, 0.15) is 11.5 Å². The van der Waals surface area contributed by atoms with Crippen LogP contribution in [0.15, 0.2) is 35.8 Å². The smallest absolute Gasteiger partial charge is 0.271 e. The zero-order valence-corrected chi connectivity index (χ0v) is 15.4. The topological polar surface area (TPSA) is 85.8 Å². The Balaban J connectivity index is 1.74. The van der Waals surface area contributed by atoms with Crippen molar-refractivity contribution in [1.29, 1.82) is 0 Å². The van der Waals surface area contributed by atoms with Gasteiger partial charge in [0.15, 0.2) is 0 Å². The highest BCUT2D eigenvalue weighted by atomic mass is 32.1. The van der Waals surface area contributed by atoms with Crippen LogP contribution in [0.3, 0.4) is 0 Å². The van der Waals surface area contributed by atoms with Gasteiger partial charge in [-0.3, -0.25) is 4.79 Å². The number of hydrogen-bond donors (Lipinski definition) is 2. The first-order valence-electron chi connectivity index (χ1n) is 8.25. The molecule has 0 aliphatic rings. The molecule has 8 heteroatoms. The summed E-state index contributed by atoms with van der Waals surface area (Å²) >= 11 is 1.43. The third-order valence-corrected chi connectivity index (χ3v) is 4.98. The lowest BCUT2D eigenvalue weighted by Crippen LogP contribution is -2.27. The Morgan fingerprint density at radius 1 is 1.38 bits per heavy atom. The Hall–Kier alpha value is -2.58. The Labute approximate surface area is 154 Å². The molecule has 1 unspecified atom stereocenters. The predicted octanol–water partition coefficient (Wildman–Crippen LogP) is 2.77. The highest BCUT2D eigenvalue weighted by Gasteiger charge is 2.18. The second kappa shape index (κ2) is 7.76. The third kappa shape index (κ3) is 3.81. The van der Waals surface area contributed by atoms with Crippen molar-refractivity contribution >= 4 is 17.2 Å². The van der Waals surface area contributed by atoms with E-state index in [1.807, 2.05) is 13.8 Å². The van der Waals surface area contributed by atoms with Gasteiger partial charge in [-0.1, -0.05) is 0 Å². The van der Waals surface area contributed by atoms with E-state index in [1.165, 1.54) is 23.5 Å². The van der Waals surface area contributed by atoms with E-state index in [4.69, 9.17) is 5.73 Å². The number of aromatic nitrogens is 3. The molecule has 0 bridgehead atoms. The van der Waals surface area contributed by atoms with E-state index >= 15 is 0 Å². The monoisotopic (exact) mass is 373 g/mol. The van der Waals surface area contributed by atoms with Crippen LogP contribution in [0.2, 0.25) is 0 Å². The molecule has 136 valence electrons. The Morgan fingerprint density at radius 3 is 2.81 bits per heavy atom. The van der Waals surface area contributed by atoms with Crippen molar-refractivity contribution in [3.63, 3.8) is 0 Å². The van der Waals surface area contributed by atoms with Crippen LogP contribution in [-0.4, -0.2) is 27.2 Å². The fraction of sp³-hybridized carbons (Fsp3) is 0.278. The maximum absolute atomic E-state index is 13.1. The second-order valence-corrected chi connectivity index (χ2v) is 6.88. The first-order valence-corrected chi connectivity index (χ1v) is 9.13. The average molecular weight is 373 g/mol. The molecule has 3 rings (SSSR count). The number of nitrogens with two attached hydrogens (primary N) is 1. The first kappa shape index (κ1) is 18.2. The quantitative estimate of drug-likeness (QED) is 0.696. The van der Waals surface area contributed by atoms with E-state index in [2.05, 4.69) is 15.4 Å². The summed E-state index contributed by atoms with van der Waals surface area (Å²) in [6.45, 7) is 4.31. The van der Waals surface area contributed by atoms with Crippen LogP contribution in [0.1, 0.15) is 39.7 Å². The predicted molar refractivity (Wildman–Crippen MR) is 99.0 cm³/mol. The zero-order chi connectivity index (χ0) is 18.7. The molecule has 3 aromatic rings. The summed E-state index contributed by atoms with van der Waals surface area (Å²) in [5.41, 5.74) is 8.44. The molecular weight excluding hydrogens is 353 g/mol. The SMILES string of the molecule is Cc1c(C(C)NC(=O)c2csc(CCN)n2)cnn1-c1ccc(F)cc1. The fourth-order valence-electron chi connectivity index (χ4n) is 2.69. The maximum atomic E-state index is 13.1. The summed E-state index contributed by atoms with van der Waals surface area (Å²) in [6, 6.07) is 5.87. The van der Waals surface area contributed by atoms with Crippen molar-refractivity contribution < 1.29 is 9.18 Å². The highest BCUT2D eigenvalue weighted by molar-refractivity contribution is 7.09. The van der Waals surface area contributed by atoms with E-state index in [0.29, 0.717) is 18.7 Å². The summed E-state index contributed by atoms with van der Waals surface area (Å²) in [4.78, 5) is 16.7. The van der Waals surface area contributed by atoms with Crippen molar-refractivity contribution in [3.05, 3.63) is 63.6 Å². The molecule has 0 saturated heterocycles. The van der Waals surface area contributed by atoms with E-state index in [1.54, 1.807) is 28.4 Å². The number of nitrogens with zero attached hydrogens (tertiary/aromatic N) is 3. The van der Waals surface area contributed by atoms with Gasteiger partial charge < -0.3 is 11.1 Å². The van der Waals surface area contributed by atoms with E-state index in [-0.39, 0.29) is 17.8 Å². The molecule has 0 spiro atoms. The van der Waals surface area contributed by atoms with Crippen LogP contribution in [0.4, 0.5) is 4.39 Å². The Bertz CT molecular complexity index is 903. The van der Waals surface area contributed by atoms with Crippen LogP contribution in [-0.2, 0) is 6.42 Å². The van der Waals surface area contributed by atoms with Gasteiger partial charge in [0, 0.05) is 23.1 Å².